The lowest BCUT2D eigenvalue weighted by Gasteiger charge is -2.13. The van der Waals surface area contributed by atoms with Gasteiger partial charge in [0.25, 0.3) is 0 Å². The zero-order chi connectivity index (χ0) is 16.4. The van der Waals surface area contributed by atoms with Crippen LogP contribution in [0.4, 0.5) is 14.5 Å². The van der Waals surface area contributed by atoms with E-state index in [2.05, 4.69) is 0 Å². The summed E-state index contributed by atoms with van der Waals surface area (Å²) in [6, 6.07) is 15.2. The summed E-state index contributed by atoms with van der Waals surface area (Å²) in [7, 11) is 0. The molecule has 0 bridgehead atoms. The molecule has 0 saturated heterocycles. The Hall–Kier alpha value is -2.59. The second-order valence-corrected chi connectivity index (χ2v) is 5.35. The number of halogens is 3. The van der Waals surface area contributed by atoms with E-state index in [0.29, 0.717) is 28.3 Å². The highest BCUT2D eigenvalue weighted by Crippen LogP contribution is 2.36. The summed E-state index contributed by atoms with van der Waals surface area (Å²) in [5, 5.41) is -0.0429. The fraction of sp³-hybridized carbons (Fsp3) is 0. The molecule has 0 radical (unpaired) electrons. The van der Waals surface area contributed by atoms with Crippen molar-refractivity contribution in [3.8, 4) is 22.6 Å². The number of nitrogens with two attached hydrogens (primary N) is 1. The number of rotatable bonds is 3. The summed E-state index contributed by atoms with van der Waals surface area (Å²) in [6.45, 7) is 0. The molecule has 0 spiro atoms. The van der Waals surface area contributed by atoms with E-state index in [-0.39, 0.29) is 10.8 Å². The third kappa shape index (κ3) is 3.43. The van der Waals surface area contributed by atoms with Crippen molar-refractivity contribution in [3.05, 3.63) is 77.3 Å². The quantitative estimate of drug-likeness (QED) is 0.628. The van der Waals surface area contributed by atoms with Crippen molar-refractivity contribution < 1.29 is 13.5 Å². The summed E-state index contributed by atoms with van der Waals surface area (Å²) in [5.41, 5.74) is 7.61. The Kier molecular flexibility index (Phi) is 4.17. The zero-order valence-corrected chi connectivity index (χ0v) is 12.6. The predicted octanol–water partition coefficient (Wildman–Crippen LogP) is 5.66. The predicted molar refractivity (Wildman–Crippen MR) is 87.7 cm³/mol. The zero-order valence-electron chi connectivity index (χ0n) is 11.9. The molecule has 3 rings (SSSR count). The van der Waals surface area contributed by atoms with Crippen LogP contribution >= 0.6 is 11.6 Å². The van der Waals surface area contributed by atoms with Gasteiger partial charge >= 0.3 is 0 Å². The van der Waals surface area contributed by atoms with Gasteiger partial charge in [0.1, 0.15) is 23.1 Å². The summed E-state index contributed by atoms with van der Waals surface area (Å²) >= 11 is 5.76. The highest BCUT2D eigenvalue weighted by atomic mass is 35.5. The van der Waals surface area contributed by atoms with Gasteiger partial charge in [-0.25, -0.2) is 8.78 Å². The lowest BCUT2D eigenvalue weighted by atomic mass is 10.0. The molecule has 116 valence electrons. The molecule has 0 unspecified atom stereocenters. The number of benzene rings is 3. The molecule has 0 aliphatic heterocycles. The molecule has 0 saturated carbocycles. The normalized spacial score (nSPS) is 10.6. The van der Waals surface area contributed by atoms with Gasteiger partial charge in [-0.2, -0.15) is 0 Å². The van der Waals surface area contributed by atoms with Crippen molar-refractivity contribution in [2.75, 3.05) is 5.73 Å². The van der Waals surface area contributed by atoms with Gasteiger partial charge in [0.05, 0.1) is 5.02 Å². The second-order valence-electron chi connectivity index (χ2n) is 4.94. The van der Waals surface area contributed by atoms with E-state index in [1.165, 1.54) is 30.3 Å². The maximum absolute atomic E-state index is 13.5. The van der Waals surface area contributed by atoms with Crippen LogP contribution in [-0.4, -0.2) is 0 Å². The lowest BCUT2D eigenvalue weighted by molar-refractivity contribution is 0.482. The molecule has 0 fully saturated rings. The van der Waals surface area contributed by atoms with E-state index in [9.17, 15) is 8.78 Å². The first-order valence-electron chi connectivity index (χ1n) is 6.81. The highest BCUT2D eigenvalue weighted by Gasteiger charge is 2.10. The molecular weight excluding hydrogens is 320 g/mol. The topological polar surface area (TPSA) is 35.2 Å². The van der Waals surface area contributed by atoms with E-state index in [1.54, 1.807) is 30.3 Å². The number of nitrogen functional groups attached to an aromatic ring is 1. The van der Waals surface area contributed by atoms with Crippen LogP contribution < -0.4 is 10.5 Å². The summed E-state index contributed by atoms with van der Waals surface area (Å²) in [5.74, 6) is -0.0926. The monoisotopic (exact) mass is 331 g/mol. The molecule has 0 aliphatic rings. The summed E-state index contributed by atoms with van der Waals surface area (Å²) in [4.78, 5) is 0. The van der Waals surface area contributed by atoms with Crippen molar-refractivity contribution in [3.63, 3.8) is 0 Å². The SMILES string of the molecule is Nc1ccc(-c2cccc(F)c2)c(Oc2ccc(F)c(Cl)c2)c1. The molecule has 0 aliphatic carbocycles. The Morgan fingerprint density at radius 1 is 0.913 bits per heavy atom. The molecule has 2 nitrogen and oxygen atoms in total. The minimum absolute atomic E-state index is 0.0429. The van der Waals surface area contributed by atoms with Crippen LogP contribution in [0.3, 0.4) is 0 Å². The average Bonchev–Trinajstić information content (AvgIpc) is 2.51. The molecule has 3 aromatic rings. The third-order valence-electron chi connectivity index (χ3n) is 3.26. The summed E-state index contributed by atoms with van der Waals surface area (Å²) in [6.07, 6.45) is 0. The molecule has 0 amide bonds. The maximum Gasteiger partial charge on any atom is 0.142 e. The van der Waals surface area contributed by atoms with Gasteiger partial charge < -0.3 is 10.5 Å². The Bertz CT molecular complexity index is 867. The van der Waals surface area contributed by atoms with E-state index >= 15 is 0 Å². The smallest absolute Gasteiger partial charge is 0.142 e. The van der Waals surface area contributed by atoms with E-state index in [4.69, 9.17) is 22.1 Å². The van der Waals surface area contributed by atoms with Crippen LogP contribution in [0.1, 0.15) is 0 Å². The molecule has 0 heterocycles. The van der Waals surface area contributed by atoms with Gasteiger partial charge in [-0.3, -0.25) is 0 Å². The number of hydrogen-bond donors (Lipinski definition) is 1. The fourth-order valence-corrected chi connectivity index (χ4v) is 2.36. The molecule has 23 heavy (non-hydrogen) atoms. The van der Waals surface area contributed by atoms with Crippen molar-refractivity contribution in [2.45, 2.75) is 0 Å². The van der Waals surface area contributed by atoms with Gasteiger partial charge in [0.15, 0.2) is 0 Å². The lowest BCUT2D eigenvalue weighted by Crippen LogP contribution is -1.92. The van der Waals surface area contributed by atoms with Gasteiger partial charge in [0, 0.05) is 23.4 Å². The van der Waals surface area contributed by atoms with Crippen LogP contribution in [0.5, 0.6) is 11.5 Å². The first-order valence-corrected chi connectivity index (χ1v) is 7.19. The minimum Gasteiger partial charge on any atom is -0.457 e. The fourth-order valence-electron chi connectivity index (χ4n) is 2.19. The van der Waals surface area contributed by atoms with Crippen LogP contribution in [0, 0.1) is 11.6 Å². The molecule has 3 aromatic carbocycles. The van der Waals surface area contributed by atoms with Crippen LogP contribution in [0.25, 0.3) is 11.1 Å². The number of anilines is 1. The van der Waals surface area contributed by atoms with E-state index < -0.39 is 5.82 Å². The van der Waals surface area contributed by atoms with Crippen LogP contribution in [0.2, 0.25) is 5.02 Å². The summed E-state index contributed by atoms with van der Waals surface area (Å²) < 4.78 is 32.5. The highest BCUT2D eigenvalue weighted by molar-refractivity contribution is 6.30. The first-order chi connectivity index (χ1) is 11.0. The van der Waals surface area contributed by atoms with Gasteiger partial charge in [0.2, 0.25) is 0 Å². The van der Waals surface area contributed by atoms with Crippen molar-refractivity contribution in [1.82, 2.24) is 0 Å². The van der Waals surface area contributed by atoms with Crippen molar-refractivity contribution in [2.24, 2.45) is 0 Å². The van der Waals surface area contributed by atoms with Gasteiger partial charge in [-0.05, 0) is 42.0 Å². The Balaban J connectivity index is 2.04. The molecule has 0 atom stereocenters. The van der Waals surface area contributed by atoms with Gasteiger partial charge in [-0.1, -0.05) is 23.7 Å². The minimum atomic E-state index is -0.531. The van der Waals surface area contributed by atoms with E-state index in [0.717, 1.165) is 0 Å². The van der Waals surface area contributed by atoms with Crippen LogP contribution in [0.15, 0.2) is 60.7 Å². The standard InChI is InChI=1S/C18H12ClF2NO/c19-16-10-14(5-7-17(16)21)23-18-9-13(22)4-6-15(18)11-2-1-3-12(20)8-11/h1-10H,22H2. The molecule has 5 heteroatoms. The molecule has 0 aromatic heterocycles. The van der Waals surface area contributed by atoms with Crippen LogP contribution in [-0.2, 0) is 0 Å². The maximum atomic E-state index is 13.5. The third-order valence-corrected chi connectivity index (χ3v) is 3.55. The Labute approximate surface area is 137 Å². The largest absolute Gasteiger partial charge is 0.457 e. The Morgan fingerprint density at radius 2 is 1.74 bits per heavy atom. The first kappa shape index (κ1) is 15.3. The second kappa shape index (κ2) is 6.26. The van der Waals surface area contributed by atoms with E-state index in [1.807, 2.05) is 0 Å². The number of ether oxygens (including phenoxy) is 1. The Morgan fingerprint density at radius 3 is 2.48 bits per heavy atom. The molecule has 2 N–H and O–H groups in total. The van der Waals surface area contributed by atoms with Crippen molar-refractivity contribution >= 4 is 17.3 Å². The average molecular weight is 332 g/mol. The number of hydrogen-bond acceptors (Lipinski definition) is 2. The molecular formula is C18H12ClF2NO. The van der Waals surface area contributed by atoms with Gasteiger partial charge in [-0.15, -0.1) is 0 Å². The van der Waals surface area contributed by atoms with Crippen molar-refractivity contribution in [1.29, 1.82) is 0 Å².